The van der Waals surface area contributed by atoms with Crippen molar-refractivity contribution >= 4 is 33.9 Å². The third-order valence-electron chi connectivity index (χ3n) is 6.75. The van der Waals surface area contributed by atoms with E-state index >= 15 is 0 Å². The largest absolute Gasteiger partial charge is 0.418 e. The smallest absolute Gasteiger partial charge is 0.251 e. The number of nitrogens with two attached hydrogens (primary N) is 1. The molecule has 1 unspecified atom stereocenters. The minimum atomic E-state index is -0.643. The van der Waals surface area contributed by atoms with Crippen molar-refractivity contribution in [1.29, 1.82) is 0 Å². The molecule has 0 spiro atoms. The van der Waals surface area contributed by atoms with Gasteiger partial charge in [-0.05, 0) is 23.6 Å². The molecule has 33 heavy (non-hydrogen) atoms. The average Bonchev–Trinajstić information content (AvgIpc) is 3.33. The maximum atomic E-state index is 12.9. The number of aryl methyl sites for hydroxylation is 1. The first-order valence-corrected chi connectivity index (χ1v) is 11.7. The molecule has 1 fully saturated rings. The highest BCUT2D eigenvalue weighted by atomic mass is 16.4. The zero-order valence-corrected chi connectivity index (χ0v) is 19.2. The van der Waals surface area contributed by atoms with Gasteiger partial charge in [0.05, 0.1) is 12.4 Å². The lowest BCUT2D eigenvalue weighted by molar-refractivity contribution is -0.121. The number of nitrogens with one attached hydrogen (secondary N) is 1. The molecule has 1 saturated carbocycles. The molecule has 0 saturated heterocycles. The fraction of sp³-hybridized carbons (Fsp3) is 0.440. The quantitative estimate of drug-likeness (QED) is 0.411. The van der Waals surface area contributed by atoms with Gasteiger partial charge in [0.15, 0.2) is 17.1 Å². The lowest BCUT2D eigenvalue weighted by Crippen LogP contribution is -2.23. The van der Waals surface area contributed by atoms with Gasteiger partial charge in [0, 0.05) is 26.1 Å². The van der Waals surface area contributed by atoms with Crippen LogP contribution in [0.15, 0.2) is 35.0 Å². The number of benzene rings is 1. The van der Waals surface area contributed by atoms with E-state index in [1.165, 1.54) is 25.7 Å². The summed E-state index contributed by atoms with van der Waals surface area (Å²) in [5, 5.41) is 3.07. The molecule has 0 amide bonds. The molecule has 3 heterocycles. The number of hydrogen-bond donors (Lipinski definition) is 2. The predicted molar refractivity (Wildman–Crippen MR) is 129 cm³/mol. The highest BCUT2D eigenvalue weighted by Gasteiger charge is 2.23. The first kappa shape index (κ1) is 21.6. The summed E-state index contributed by atoms with van der Waals surface area (Å²) < 4.78 is 7.94. The number of Topliss-reactive ketones (excluding diaryl/α,β-unsaturated/α-hetero) is 1. The highest BCUT2D eigenvalue weighted by molar-refractivity contribution is 6.03. The Morgan fingerprint density at radius 1 is 1.21 bits per heavy atom. The van der Waals surface area contributed by atoms with E-state index in [9.17, 15) is 4.79 Å². The Morgan fingerprint density at radius 3 is 2.76 bits per heavy atom. The predicted octanol–water partition coefficient (Wildman–Crippen LogP) is 4.75. The molecule has 0 bridgehead atoms. The number of anilines is 1. The number of ketones is 1. The van der Waals surface area contributed by atoms with Crippen LogP contribution in [0.3, 0.4) is 0 Å². The highest BCUT2D eigenvalue weighted by Crippen LogP contribution is 2.32. The summed E-state index contributed by atoms with van der Waals surface area (Å²) in [6, 6.07) is 6.97. The van der Waals surface area contributed by atoms with E-state index in [-0.39, 0.29) is 5.78 Å². The second-order valence-electron chi connectivity index (χ2n) is 9.07. The minimum Gasteiger partial charge on any atom is -0.418 e. The van der Waals surface area contributed by atoms with Crippen molar-refractivity contribution in [3.8, 4) is 11.5 Å². The summed E-state index contributed by atoms with van der Waals surface area (Å²) in [6.45, 7) is 0. The first-order valence-electron chi connectivity index (χ1n) is 11.7. The molecule has 0 aliphatic heterocycles. The van der Waals surface area contributed by atoms with Crippen LogP contribution < -0.4 is 11.1 Å². The van der Waals surface area contributed by atoms with Crippen LogP contribution in [-0.4, -0.2) is 32.3 Å². The summed E-state index contributed by atoms with van der Waals surface area (Å²) in [7, 11) is 3.72. The van der Waals surface area contributed by atoms with Crippen LogP contribution in [0.5, 0.6) is 0 Å². The van der Waals surface area contributed by atoms with Gasteiger partial charge in [-0.2, -0.15) is 4.98 Å². The summed E-state index contributed by atoms with van der Waals surface area (Å²) in [6.07, 6.45) is 9.54. The summed E-state index contributed by atoms with van der Waals surface area (Å²) in [5.74, 6) is 1.65. The number of carbonyl (C=O) groups excluding carboxylic acids is 1. The first-order chi connectivity index (χ1) is 16.0. The molecule has 1 aliphatic carbocycles. The molecule has 1 aliphatic rings. The monoisotopic (exact) mass is 446 g/mol. The van der Waals surface area contributed by atoms with Crippen LogP contribution in [0.2, 0.25) is 0 Å². The molecule has 1 atom stereocenters. The van der Waals surface area contributed by atoms with Crippen molar-refractivity contribution in [1.82, 2.24) is 19.5 Å². The van der Waals surface area contributed by atoms with Gasteiger partial charge in [-0.3, -0.25) is 4.79 Å². The summed E-state index contributed by atoms with van der Waals surface area (Å²) in [4.78, 5) is 26.7. The second-order valence-corrected chi connectivity index (χ2v) is 9.07. The van der Waals surface area contributed by atoms with E-state index in [2.05, 4.69) is 15.3 Å². The van der Waals surface area contributed by atoms with Gasteiger partial charge < -0.3 is 20.0 Å². The van der Waals surface area contributed by atoms with E-state index < -0.39 is 6.04 Å². The maximum absolute atomic E-state index is 12.9. The van der Waals surface area contributed by atoms with E-state index in [1.54, 1.807) is 13.4 Å². The fourth-order valence-corrected chi connectivity index (χ4v) is 4.91. The number of fused-ring (bicyclic) bond motifs is 3. The molecule has 5 rings (SSSR count). The number of pyridine rings is 1. The molecular formula is C25H30N6O2. The molecule has 3 N–H and O–H groups in total. The van der Waals surface area contributed by atoms with Crippen LogP contribution in [0.25, 0.3) is 33.7 Å². The Bertz CT molecular complexity index is 1300. The van der Waals surface area contributed by atoms with Gasteiger partial charge in [-0.1, -0.05) is 50.7 Å². The van der Waals surface area contributed by atoms with Gasteiger partial charge >= 0.3 is 0 Å². The molecular weight excluding hydrogens is 416 g/mol. The Labute approximate surface area is 192 Å². The number of nitrogens with zero attached hydrogens (tertiary/aromatic N) is 4. The van der Waals surface area contributed by atoms with Gasteiger partial charge in [-0.25, -0.2) is 9.97 Å². The van der Waals surface area contributed by atoms with Crippen LogP contribution in [-0.2, 0) is 11.8 Å². The number of carbonyl (C=O) groups is 1. The second kappa shape index (κ2) is 8.94. The lowest BCUT2D eigenvalue weighted by atomic mass is 9.90. The van der Waals surface area contributed by atoms with Crippen molar-refractivity contribution in [3.63, 3.8) is 0 Å². The molecule has 8 heteroatoms. The summed E-state index contributed by atoms with van der Waals surface area (Å²) >= 11 is 0. The number of hydrogen-bond acceptors (Lipinski definition) is 7. The third kappa shape index (κ3) is 4.11. The fourth-order valence-electron chi connectivity index (χ4n) is 4.91. The number of rotatable bonds is 6. The standard InChI is InChI=1S/C25H30N6O2/c1-27-23-20-22(31(2)14-28-20)21-25(30-23)33-24(29-21)17-11-7-10-16(13-17)19(26)18(32)12-15-8-5-3-4-6-9-15/h7,10-11,13-15,19H,3-6,8-9,12,26H2,1-2H3,(H,27,30). The van der Waals surface area contributed by atoms with E-state index in [0.29, 0.717) is 35.3 Å². The van der Waals surface area contributed by atoms with Crippen molar-refractivity contribution in [2.75, 3.05) is 12.4 Å². The van der Waals surface area contributed by atoms with Crippen LogP contribution in [0.4, 0.5) is 5.82 Å². The van der Waals surface area contributed by atoms with Gasteiger partial charge in [0.1, 0.15) is 11.0 Å². The normalized spacial score (nSPS) is 16.2. The zero-order valence-electron chi connectivity index (χ0n) is 19.2. The maximum Gasteiger partial charge on any atom is 0.251 e. The summed E-state index contributed by atoms with van der Waals surface area (Å²) in [5.41, 5.74) is 10.6. The van der Waals surface area contributed by atoms with Gasteiger partial charge in [0.2, 0.25) is 5.89 Å². The van der Waals surface area contributed by atoms with Crippen LogP contribution in [0.1, 0.15) is 56.6 Å². The third-order valence-corrected chi connectivity index (χ3v) is 6.75. The molecule has 3 aromatic heterocycles. The lowest BCUT2D eigenvalue weighted by Gasteiger charge is -2.17. The molecule has 4 aromatic rings. The van der Waals surface area contributed by atoms with E-state index in [4.69, 9.17) is 15.1 Å². The number of imidazole rings is 1. The average molecular weight is 447 g/mol. The molecule has 172 valence electrons. The molecule has 1 aromatic carbocycles. The van der Waals surface area contributed by atoms with Crippen molar-refractivity contribution in [3.05, 3.63) is 36.2 Å². The molecule has 0 radical (unpaired) electrons. The van der Waals surface area contributed by atoms with Crippen molar-refractivity contribution in [2.45, 2.75) is 51.0 Å². The van der Waals surface area contributed by atoms with E-state index in [1.807, 2.05) is 35.9 Å². The zero-order chi connectivity index (χ0) is 22.9. The SMILES string of the molecule is CNc1nc2oc(-c3cccc(C(N)C(=O)CC4CCCCCC4)c3)nc2c2c1ncn2C. The Morgan fingerprint density at radius 2 is 2.00 bits per heavy atom. The molecule has 8 nitrogen and oxygen atoms in total. The topological polar surface area (TPSA) is 112 Å². The van der Waals surface area contributed by atoms with Crippen LogP contribution in [0, 0.1) is 5.92 Å². The Kier molecular flexibility index (Phi) is 5.85. The number of oxazole rings is 1. The Hall–Kier alpha value is -3.26. The Balaban J connectivity index is 1.44. The number of aromatic nitrogens is 4. The minimum absolute atomic E-state index is 0.105. The van der Waals surface area contributed by atoms with Gasteiger partial charge in [0.25, 0.3) is 5.71 Å². The van der Waals surface area contributed by atoms with Gasteiger partial charge in [-0.15, -0.1) is 0 Å². The van der Waals surface area contributed by atoms with Crippen molar-refractivity contribution < 1.29 is 9.21 Å². The van der Waals surface area contributed by atoms with Crippen molar-refractivity contribution in [2.24, 2.45) is 18.7 Å². The van der Waals surface area contributed by atoms with E-state index in [0.717, 1.165) is 35.0 Å². The van der Waals surface area contributed by atoms with Crippen LogP contribution >= 0.6 is 0 Å².